The first kappa shape index (κ1) is 15.8. The molecule has 2 aromatic carbocycles. The standard InChI is InChI=1S/C20H20N2O3/c1-13(24)21-9-8-14-10-15(6-7-18(14)21)20(25)22-11-16(12-23)17-4-2-3-5-19(17)22/h2-7,10,16,23H,8-9,11-12H2,1H3. The summed E-state index contributed by atoms with van der Waals surface area (Å²) in [6, 6.07) is 13.3. The van der Waals surface area contributed by atoms with Gasteiger partial charge in [-0.2, -0.15) is 0 Å². The molecular formula is C20H20N2O3. The molecule has 0 spiro atoms. The first-order valence-corrected chi connectivity index (χ1v) is 8.53. The first-order chi connectivity index (χ1) is 12.1. The number of fused-ring (bicyclic) bond motifs is 2. The summed E-state index contributed by atoms with van der Waals surface area (Å²) >= 11 is 0. The zero-order valence-corrected chi connectivity index (χ0v) is 14.1. The van der Waals surface area contributed by atoms with Crippen molar-refractivity contribution < 1.29 is 14.7 Å². The average molecular weight is 336 g/mol. The van der Waals surface area contributed by atoms with E-state index in [2.05, 4.69) is 0 Å². The second-order valence-corrected chi connectivity index (χ2v) is 6.62. The molecule has 4 rings (SSSR count). The van der Waals surface area contributed by atoms with Gasteiger partial charge >= 0.3 is 0 Å². The van der Waals surface area contributed by atoms with Gasteiger partial charge in [0.1, 0.15) is 0 Å². The lowest BCUT2D eigenvalue weighted by Gasteiger charge is -2.19. The zero-order chi connectivity index (χ0) is 17.6. The van der Waals surface area contributed by atoms with Crippen LogP contribution in [0.2, 0.25) is 0 Å². The number of benzene rings is 2. The maximum Gasteiger partial charge on any atom is 0.258 e. The van der Waals surface area contributed by atoms with Crippen LogP contribution in [0.3, 0.4) is 0 Å². The smallest absolute Gasteiger partial charge is 0.258 e. The van der Waals surface area contributed by atoms with Crippen molar-refractivity contribution in [1.82, 2.24) is 0 Å². The van der Waals surface area contributed by atoms with Crippen molar-refractivity contribution in [2.45, 2.75) is 19.3 Å². The number of hydrogen-bond acceptors (Lipinski definition) is 3. The van der Waals surface area contributed by atoms with Gasteiger partial charge in [0.05, 0.1) is 6.61 Å². The molecule has 0 radical (unpaired) electrons. The van der Waals surface area contributed by atoms with Crippen LogP contribution < -0.4 is 9.80 Å². The molecule has 1 N–H and O–H groups in total. The molecule has 128 valence electrons. The van der Waals surface area contributed by atoms with Crippen LogP contribution in [0.25, 0.3) is 0 Å². The Hall–Kier alpha value is -2.66. The molecule has 2 amide bonds. The minimum Gasteiger partial charge on any atom is -0.396 e. The number of nitrogens with zero attached hydrogens (tertiary/aromatic N) is 2. The van der Waals surface area contributed by atoms with Crippen LogP contribution >= 0.6 is 0 Å². The minimum absolute atomic E-state index is 0.0251. The molecule has 0 saturated carbocycles. The van der Waals surface area contributed by atoms with Crippen LogP contribution in [0.15, 0.2) is 42.5 Å². The number of carbonyl (C=O) groups is 2. The Kier molecular flexibility index (Phi) is 3.81. The fourth-order valence-corrected chi connectivity index (χ4v) is 3.86. The Labute approximate surface area is 146 Å². The third-order valence-corrected chi connectivity index (χ3v) is 5.14. The maximum atomic E-state index is 13.1. The summed E-state index contributed by atoms with van der Waals surface area (Å²) in [5, 5.41) is 9.62. The third kappa shape index (κ3) is 2.51. The van der Waals surface area contributed by atoms with Crippen molar-refractivity contribution in [2.24, 2.45) is 0 Å². The van der Waals surface area contributed by atoms with Gasteiger partial charge in [-0.05, 0) is 41.8 Å². The van der Waals surface area contributed by atoms with Gasteiger partial charge in [-0.25, -0.2) is 0 Å². The van der Waals surface area contributed by atoms with Crippen molar-refractivity contribution in [3.63, 3.8) is 0 Å². The summed E-state index contributed by atoms with van der Waals surface area (Å²) in [6.45, 7) is 2.75. The minimum atomic E-state index is -0.0625. The van der Waals surface area contributed by atoms with Crippen LogP contribution in [0.1, 0.15) is 34.3 Å². The van der Waals surface area contributed by atoms with E-state index in [-0.39, 0.29) is 24.3 Å². The quantitative estimate of drug-likeness (QED) is 0.916. The first-order valence-electron chi connectivity index (χ1n) is 8.53. The Balaban J connectivity index is 1.66. The van der Waals surface area contributed by atoms with Gasteiger partial charge in [-0.15, -0.1) is 0 Å². The molecule has 5 nitrogen and oxygen atoms in total. The molecule has 0 saturated heterocycles. The lowest BCUT2D eigenvalue weighted by Crippen LogP contribution is -2.30. The van der Waals surface area contributed by atoms with Crippen LogP contribution in [-0.2, 0) is 11.2 Å². The molecule has 1 atom stereocenters. The average Bonchev–Trinajstić information content (AvgIpc) is 3.22. The highest BCUT2D eigenvalue weighted by molar-refractivity contribution is 6.08. The molecular weight excluding hydrogens is 316 g/mol. The molecule has 2 aromatic rings. The Morgan fingerprint density at radius 1 is 1.12 bits per heavy atom. The van der Waals surface area contributed by atoms with Crippen molar-refractivity contribution >= 4 is 23.2 Å². The SMILES string of the molecule is CC(=O)N1CCc2cc(C(=O)N3CC(CO)c4ccccc43)ccc21. The van der Waals surface area contributed by atoms with E-state index in [9.17, 15) is 14.7 Å². The van der Waals surface area contributed by atoms with Gasteiger partial charge < -0.3 is 14.9 Å². The van der Waals surface area contributed by atoms with E-state index >= 15 is 0 Å². The van der Waals surface area contributed by atoms with E-state index in [0.717, 1.165) is 28.9 Å². The van der Waals surface area contributed by atoms with E-state index < -0.39 is 0 Å². The predicted octanol–water partition coefficient (Wildman–Crippen LogP) is 2.33. The lowest BCUT2D eigenvalue weighted by molar-refractivity contribution is -0.116. The van der Waals surface area contributed by atoms with Crippen molar-refractivity contribution in [3.05, 3.63) is 59.2 Å². The zero-order valence-electron chi connectivity index (χ0n) is 14.1. The summed E-state index contributed by atoms with van der Waals surface area (Å²) in [5.74, 6) is -0.0765. The van der Waals surface area contributed by atoms with Crippen molar-refractivity contribution in [2.75, 3.05) is 29.5 Å². The molecule has 2 heterocycles. The van der Waals surface area contributed by atoms with Gasteiger partial charge in [0.15, 0.2) is 0 Å². The number of carbonyl (C=O) groups excluding carboxylic acids is 2. The van der Waals surface area contributed by atoms with E-state index in [0.29, 0.717) is 18.7 Å². The van der Waals surface area contributed by atoms with E-state index in [1.54, 1.807) is 22.8 Å². The molecule has 0 bridgehead atoms. The van der Waals surface area contributed by atoms with Crippen LogP contribution in [0.5, 0.6) is 0 Å². The Bertz CT molecular complexity index is 862. The molecule has 1 unspecified atom stereocenters. The fraction of sp³-hybridized carbons (Fsp3) is 0.300. The summed E-state index contributed by atoms with van der Waals surface area (Å²) in [6.07, 6.45) is 0.770. The highest BCUT2D eigenvalue weighted by atomic mass is 16.3. The fourth-order valence-electron chi connectivity index (χ4n) is 3.86. The van der Waals surface area contributed by atoms with Crippen LogP contribution in [-0.4, -0.2) is 36.6 Å². The normalized spacial score (nSPS) is 18.2. The summed E-state index contributed by atoms with van der Waals surface area (Å²) in [5.41, 5.74) is 4.45. The lowest BCUT2D eigenvalue weighted by atomic mass is 10.0. The number of aliphatic hydroxyl groups is 1. The molecule has 0 aliphatic carbocycles. The van der Waals surface area contributed by atoms with Crippen LogP contribution in [0, 0.1) is 0 Å². The van der Waals surface area contributed by atoms with Crippen molar-refractivity contribution in [1.29, 1.82) is 0 Å². The van der Waals surface area contributed by atoms with Crippen LogP contribution in [0.4, 0.5) is 11.4 Å². The number of amides is 2. The summed E-state index contributed by atoms with van der Waals surface area (Å²) in [7, 11) is 0. The van der Waals surface area contributed by atoms with Gasteiger partial charge in [0, 0.05) is 42.9 Å². The van der Waals surface area contributed by atoms with Crippen molar-refractivity contribution in [3.8, 4) is 0 Å². The van der Waals surface area contributed by atoms with E-state index in [1.807, 2.05) is 36.4 Å². The highest BCUT2D eigenvalue weighted by Crippen LogP contribution is 2.37. The molecule has 25 heavy (non-hydrogen) atoms. The summed E-state index contributed by atoms with van der Waals surface area (Å²) in [4.78, 5) is 28.2. The Morgan fingerprint density at radius 3 is 2.68 bits per heavy atom. The van der Waals surface area contributed by atoms with Gasteiger partial charge in [-0.1, -0.05) is 18.2 Å². The Morgan fingerprint density at radius 2 is 1.92 bits per heavy atom. The molecule has 0 fully saturated rings. The summed E-state index contributed by atoms with van der Waals surface area (Å²) < 4.78 is 0. The topological polar surface area (TPSA) is 60.9 Å². The predicted molar refractivity (Wildman–Crippen MR) is 96.1 cm³/mol. The maximum absolute atomic E-state index is 13.1. The second-order valence-electron chi connectivity index (χ2n) is 6.62. The monoisotopic (exact) mass is 336 g/mol. The second kappa shape index (κ2) is 6.01. The molecule has 5 heteroatoms. The largest absolute Gasteiger partial charge is 0.396 e. The highest BCUT2D eigenvalue weighted by Gasteiger charge is 2.33. The molecule has 2 aliphatic heterocycles. The van der Waals surface area contributed by atoms with Gasteiger partial charge in [0.25, 0.3) is 5.91 Å². The van der Waals surface area contributed by atoms with E-state index in [4.69, 9.17) is 0 Å². The van der Waals surface area contributed by atoms with Gasteiger partial charge in [-0.3, -0.25) is 9.59 Å². The number of rotatable bonds is 2. The number of hydrogen-bond donors (Lipinski definition) is 1. The molecule has 2 aliphatic rings. The number of anilines is 2. The molecule has 0 aromatic heterocycles. The number of para-hydroxylation sites is 1. The third-order valence-electron chi connectivity index (χ3n) is 5.14. The van der Waals surface area contributed by atoms with E-state index in [1.165, 1.54) is 0 Å². The van der Waals surface area contributed by atoms with Gasteiger partial charge in [0.2, 0.25) is 5.91 Å². The number of aliphatic hydroxyl groups excluding tert-OH is 1.